The molecule has 0 nitrogen and oxygen atoms in total. The van der Waals surface area contributed by atoms with Gasteiger partial charge in [0.05, 0.1) is 0 Å². The summed E-state index contributed by atoms with van der Waals surface area (Å²) in [6, 6.07) is 21.7. The van der Waals surface area contributed by atoms with Gasteiger partial charge in [-0.15, -0.1) is 0 Å². The molecule has 38 heavy (non-hydrogen) atoms. The van der Waals surface area contributed by atoms with E-state index in [2.05, 4.69) is 89.2 Å². The van der Waals surface area contributed by atoms with E-state index in [-0.39, 0.29) is 5.41 Å². The molecule has 0 bridgehead atoms. The lowest BCUT2D eigenvalue weighted by molar-refractivity contribution is 0.398. The Morgan fingerprint density at radius 2 is 0.947 bits per heavy atom. The molecule has 0 amide bonds. The van der Waals surface area contributed by atoms with Gasteiger partial charge in [0.25, 0.3) is 0 Å². The minimum Gasteiger partial charge on any atom is -0.0654 e. The molecule has 0 unspecified atom stereocenters. The van der Waals surface area contributed by atoms with E-state index in [9.17, 15) is 0 Å². The average Bonchev–Trinajstić information content (AvgIpc) is 3.16. The van der Waals surface area contributed by atoms with Crippen molar-refractivity contribution in [1.29, 1.82) is 0 Å². The van der Waals surface area contributed by atoms with Crippen LogP contribution in [0.2, 0.25) is 0 Å². The van der Waals surface area contributed by atoms with Crippen molar-refractivity contribution in [3.63, 3.8) is 0 Å². The maximum absolute atomic E-state index is 2.59. The first-order valence-electron chi connectivity index (χ1n) is 15.8. The van der Waals surface area contributed by atoms with Crippen LogP contribution in [0.3, 0.4) is 0 Å². The summed E-state index contributed by atoms with van der Waals surface area (Å²) in [5.41, 5.74) is 13.2. The second kappa shape index (κ2) is 13.6. The van der Waals surface area contributed by atoms with Crippen molar-refractivity contribution in [2.24, 2.45) is 0 Å². The maximum Gasteiger partial charge on any atom is 0.0215 e. The number of fused-ring (bicyclic) bond motifs is 3. The van der Waals surface area contributed by atoms with Gasteiger partial charge in [-0.3, -0.25) is 0 Å². The van der Waals surface area contributed by atoms with Crippen LogP contribution in [0.4, 0.5) is 0 Å². The molecule has 0 atom stereocenters. The van der Waals surface area contributed by atoms with Gasteiger partial charge in [0, 0.05) is 5.41 Å². The first kappa shape index (κ1) is 28.7. The number of aryl methyl sites for hydroxylation is 3. The Hall–Kier alpha value is -2.34. The predicted molar refractivity (Wildman–Crippen MR) is 168 cm³/mol. The summed E-state index contributed by atoms with van der Waals surface area (Å²) in [4.78, 5) is 0. The minimum absolute atomic E-state index is 0.154. The van der Waals surface area contributed by atoms with Crippen LogP contribution in [0, 0.1) is 20.8 Å². The summed E-state index contributed by atoms with van der Waals surface area (Å²) in [6.45, 7) is 11.4. The van der Waals surface area contributed by atoms with Gasteiger partial charge < -0.3 is 0 Å². The first-order chi connectivity index (χ1) is 18.5. The van der Waals surface area contributed by atoms with Crippen LogP contribution in [0.25, 0.3) is 22.3 Å². The van der Waals surface area contributed by atoms with E-state index < -0.39 is 0 Å². The van der Waals surface area contributed by atoms with E-state index in [0.717, 1.165) is 0 Å². The molecule has 3 aromatic carbocycles. The lowest BCUT2D eigenvalue weighted by Gasteiger charge is -2.33. The number of hydrogen-bond donors (Lipinski definition) is 0. The zero-order valence-corrected chi connectivity index (χ0v) is 25.1. The van der Waals surface area contributed by atoms with Gasteiger partial charge in [0.15, 0.2) is 0 Å². The normalized spacial score (nSPS) is 13.5. The summed E-state index contributed by atoms with van der Waals surface area (Å²) in [7, 11) is 0. The van der Waals surface area contributed by atoms with E-state index in [1.54, 1.807) is 11.1 Å². The summed E-state index contributed by atoms with van der Waals surface area (Å²) in [5, 5.41) is 0. The van der Waals surface area contributed by atoms with Crippen LogP contribution in [0.1, 0.15) is 132 Å². The molecule has 0 saturated heterocycles. The van der Waals surface area contributed by atoms with Crippen LogP contribution in [-0.4, -0.2) is 0 Å². The fourth-order valence-corrected chi connectivity index (χ4v) is 7.01. The molecule has 3 aromatic rings. The van der Waals surface area contributed by atoms with E-state index in [4.69, 9.17) is 0 Å². The van der Waals surface area contributed by atoms with Gasteiger partial charge in [-0.25, -0.2) is 0 Å². The van der Waals surface area contributed by atoms with Gasteiger partial charge in [0.2, 0.25) is 0 Å². The Morgan fingerprint density at radius 1 is 0.447 bits per heavy atom. The Balaban J connectivity index is 1.72. The molecule has 1 aliphatic carbocycles. The highest BCUT2D eigenvalue weighted by atomic mass is 14.4. The quantitative estimate of drug-likeness (QED) is 0.179. The molecule has 4 rings (SSSR count). The Labute approximate surface area is 234 Å². The van der Waals surface area contributed by atoms with Crippen LogP contribution < -0.4 is 0 Å². The van der Waals surface area contributed by atoms with E-state index >= 15 is 0 Å². The number of benzene rings is 3. The van der Waals surface area contributed by atoms with Crippen molar-refractivity contribution in [2.45, 2.75) is 130 Å². The summed E-state index contributed by atoms with van der Waals surface area (Å²) >= 11 is 0. The van der Waals surface area contributed by atoms with Crippen molar-refractivity contribution in [1.82, 2.24) is 0 Å². The average molecular weight is 509 g/mol. The molecular weight excluding hydrogens is 456 g/mol. The van der Waals surface area contributed by atoms with Crippen LogP contribution in [0.5, 0.6) is 0 Å². The third-order valence-corrected chi connectivity index (χ3v) is 8.99. The van der Waals surface area contributed by atoms with Gasteiger partial charge in [-0.1, -0.05) is 156 Å². The monoisotopic (exact) mass is 508 g/mol. The highest BCUT2D eigenvalue weighted by Gasteiger charge is 2.42. The summed E-state index contributed by atoms with van der Waals surface area (Å²) in [6.07, 6.45) is 18.9. The summed E-state index contributed by atoms with van der Waals surface area (Å²) in [5.74, 6) is 0. The van der Waals surface area contributed by atoms with Crippen LogP contribution in [0.15, 0.2) is 54.6 Å². The van der Waals surface area contributed by atoms with Gasteiger partial charge in [-0.05, 0) is 73.1 Å². The number of rotatable bonds is 15. The third kappa shape index (κ3) is 6.62. The van der Waals surface area contributed by atoms with E-state index in [0.29, 0.717) is 0 Å². The predicted octanol–water partition coefficient (Wildman–Crippen LogP) is 12.0. The standard InChI is InChI=1S/C38H52/c1-6-8-10-12-14-16-22-38(23-17-15-13-11-9-7-2)36-27-29(3)18-20-34(36)35-21-19-32(28-37(35)38)33-25-30(4)24-31(5)26-33/h18-21,24-28H,6-17,22-23H2,1-5H3. The molecule has 1 aliphatic rings. The fraction of sp³-hybridized carbons (Fsp3) is 0.526. The zero-order chi connectivity index (χ0) is 27.0. The zero-order valence-electron chi connectivity index (χ0n) is 25.1. The SMILES string of the molecule is CCCCCCCCC1(CCCCCCCC)c2cc(C)ccc2-c2ccc(-c3cc(C)cc(C)c3)cc21. The Morgan fingerprint density at radius 3 is 1.53 bits per heavy atom. The Bertz CT molecular complexity index is 1140. The molecule has 0 heterocycles. The lowest BCUT2D eigenvalue weighted by atomic mass is 9.70. The molecular formula is C38H52. The second-order valence-electron chi connectivity index (χ2n) is 12.3. The van der Waals surface area contributed by atoms with Crippen molar-refractivity contribution >= 4 is 0 Å². The lowest BCUT2D eigenvalue weighted by Crippen LogP contribution is -2.25. The minimum atomic E-state index is 0.154. The van der Waals surface area contributed by atoms with Crippen LogP contribution >= 0.6 is 0 Å². The second-order valence-corrected chi connectivity index (χ2v) is 12.3. The van der Waals surface area contributed by atoms with Crippen molar-refractivity contribution in [2.75, 3.05) is 0 Å². The smallest absolute Gasteiger partial charge is 0.0215 e. The van der Waals surface area contributed by atoms with Gasteiger partial charge >= 0.3 is 0 Å². The van der Waals surface area contributed by atoms with E-state index in [1.165, 1.54) is 129 Å². The first-order valence-corrected chi connectivity index (χ1v) is 15.8. The topological polar surface area (TPSA) is 0 Å². The van der Waals surface area contributed by atoms with Crippen molar-refractivity contribution < 1.29 is 0 Å². The number of hydrogen-bond acceptors (Lipinski definition) is 0. The molecule has 0 aliphatic heterocycles. The summed E-state index contributed by atoms with van der Waals surface area (Å²) < 4.78 is 0. The maximum atomic E-state index is 2.59. The van der Waals surface area contributed by atoms with E-state index in [1.807, 2.05) is 0 Å². The van der Waals surface area contributed by atoms with Crippen LogP contribution in [-0.2, 0) is 5.41 Å². The molecule has 0 saturated carbocycles. The third-order valence-electron chi connectivity index (χ3n) is 8.99. The molecule has 204 valence electrons. The van der Waals surface area contributed by atoms with Gasteiger partial charge in [-0.2, -0.15) is 0 Å². The number of unbranched alkanes of at least 4 members (excludes halogenated alkanes) is 10. The highest BCUT2D eigenvalue weighted by molar-refractivity contribution is 5.84. The molecule has 0 radical (unpaired) electrons. The molecule has 0 spiro atoms. The molecule has 0 N–H and O–H groups in total. The highest BCUT2D eigenvalue weighted by Crippen LogP contribution is 2.55. The van der Waals surface area contributed by atoms with Gasteiger partial charge in [0.1, 0.15) is 0 Å². The molecule has 0 heteroatoms. The largest absolute Gasteiger partial charge is 0.0654 e. The Kier molecular flexibility index (Phi) is 10.3. The van der Waals surface area contributed by atoms with Crippen molar-refractivity contribution in [3.05, 3.63) is 82.4 Å². The molecule has 0 aromatic heterocycles. The molecule has 0 fully saturated rings. The fourth-order valence-electron chi connectivity index (χ4n) is 7.01. The van der Waals surface area contributed by atoms with Crippen molar-refractivity contribution in [3.8, 4) is 22.3 Å².